The summed E-state index contributed by atoms with van der Waals surface area (Å²) in [6.45, 7) is 3.07. The molecule has 1 saturated heterocycles. The first kappa shape index (κ1) is 23.8. The van der Waals surface area contributed by atoms with Crippen molar-refractivity contribution in [2.24, 2.45) is 7.05 Å². The lowest BCUT2D eigenvalue weighted by Crippen LogP contribution is -2.33. The maximum atomic E-state index is 13.5. The molecular weight excluding hydrogens is 452 g/mol. The van der Waals surface area contributed by atoms with E-state index in [1.165, 1.54) is 23.9 Å². The quantitative estimate of drug-likeness (QED) is 0.558. The zero-order valence-corrected chi connectivity index (χ0v) is 20.6. The van der Waals surface area contributed by atoms with Gasteiger partial charge in [-0.25, -0.2) is 13.1 Å². The highest BCUT2D eigenvalue weighted by molar-refractivity contribution is 7.92. The Balaban J connectivity index is 1.70. The van der Waals surface area contributed by atoms with Gasteiger partial charge in [-0.1, -0.05) is 37.1 Å². The maximum absolute atomic E-state index is 13.5. The number of rotatable bonds is 5. The normalized spacial score (nSPS) is 14.6. The second-order valence-electron chi connectivity index (χ2n) is 8.62. The summed E-state index contributed by atoms with van der Waals surface area (Å²) >= 11 is 0. The van der Waals surface area contributed by atoms with Crippen LogP contribution < -0.4 is 9.86 Å². The van der Waals surface area contributed by atoms with E-state index in [9.17, 15) is 18.0 Å². The van der Waals surface area contributed by atoms with Gasteiger partial charge < -0.3 is 4.90 Å². The lowest BCUT2D eigenvalue weighted by Gasteiger charge is -2.21. The minimum Gasteiger partial charge on any atom is -0.339 e. The zero-order chi connectivity index (χ0) is 24.5. The smallest absolute Gasteiger partial charge is 0.296 e. The van der Waals surface area contributed by atoms with Gasteiger partial charge in [0.2, 0.25) is 0 Å². The Kier molecular flexibility index (Phi) is 6.65. The number of para-hydroxylation sites is 1. The molecule has 0 aliphatic carbocycles. The Hall–Kier alpha value is -3.33. The average molecular weight is 483 g/mol. The van der Waals surface area contributed by atoms with Gasteiger partial charge in [-0.05, 0) is 50.1 Å². The van der Waals surface area contributed by atoms with Crippen molar-refractivity contribution in [3.8, 4) is 5.69 Å². The number of amides is 1. The molecule has 2 aromatic carbocycles. The molecule has 0 unspecified atom stereocenters. The third-order valence-electron chi connectivity index (χ3n) is 6.47. The van der Waals surface area contributed by atoms with Crippen molar-refractivity contribution < 1.29 is 13.2 Å². The molecule has 0 spiro atoms. The summed E-state index contributed by atoms with van der Waals surface area (Å²) < 4.78 is 31.2. The van der Waals surface area contributed by atoms with Gasteiger partial charge in [0, 0.05) is 32.7 Å². The van der Waals surface area contributed by atoms with E-state index >= 15 is 0 Å². The summed E-state index contributed by atoms with van der Waals surface area (Å²) in [5, 5.41) is 0. The van der Waals surface area contributed by atoms with E-state index in [4.69, 9.17) is 0 Å². The molecule has 9 heteroatoms. The fraction of sp³-hybridized carbons (Fsp3) is 0.360. The van der Waals surface area contributed by atoms with Crippen molar-refractivity contribution in [2.45, 2.75) is 37.5 Å². The highest BCUT2D eigenvalue weighted by atomic mass is 32.2. The van der Waals surface area contributed by atoms with E-state index in [1.54, 1.807) is 47.8 Å². The van der Waals surface area contributed by atoms with Crippen LogP contribution in [-0.4, -0.2) is 48.7 Å². The Morgan fingerprint density at radius 3 is 2.24 bits per heavy atom. The summed E-state index contributed by atoms with van der Waals surface area (Å²) in [6, 6.07) is 15.1. The molecule has 1 aliphatic heterocycles. The third kappa shape index (κ3) is 4.27. The molecule has 4 rings (SSSR count). The van der Waals surface area contributed by atoms with Crippen molar-refractivity contribution in [2.75, 3.05) is 24.4 Å². The second-order valence-corrected chi connectivity index (χ2v) is 10.6. The largest absolute Gasteiger partial charge is 0.339 e. The lowest BCUT2D eigenvalue weighted by molar-refractivity contribution is 0.0761. The Morgan fingerprint density at radius 2 is 1.59 bits per heavy atom. The number of anilines is 1. The Labute approximate surface area is 200 Å². The molecule has 0 N–H and O–H groups in total. The van der Waals surface area contributed by atoms with Crippen molar-refractivity contribution in [1.82, 2.24) is 14.3 Å². The topological polar surface area (TPSA) is 84.6 Å². The molecule has 180 valence electrons. The van der Waals surface area contributed by atoms with Crippen LogP contribution in [0.2, 0.25) is 0 Å². The van der Waals surface area contributed by atoms with Gasteiger partial charge in [-0.2, -0.15) is 0 Å². The van der Waals surface area contributed by atoms with Crippen molar-refractivity contribution in [3.63, 3.8) is 0 Å². The molecule has 0 bridgehead atoms. The fourth-order valence-corrected chi connectivity index (χ4v) is 5.73. The summed E-state index contributed by atoms with van der Waals surface area (Å²) in [7, 11) is -0.992. The second kappa shape index (κ2) is 9.50. The Morgan fingerprint density at radius 1 is 0.941 bits per heavy atom. The summed E-state index contributed by atoms with van der Waals surface area (Å²) in [6.07, 6.45) is 4.10. The van der Waals surface area contributed by atoms with Gasteiger partial charge in [0.25, 0.3) is 21.5 Å². The molecule has 1 amide bonds. The predicted octanol–water partition coefficient (Wildman–Crippen LogP) is 3.33. The number of hydrogen-bond acceptors (Lipinski definition) is 4. The monoisotopic (exact) mass is 482 g/mol. The molecule has 34 heavy (non-hydrogen) atoms. The molecule has 0 saturated carbocycles. The minimum absolute atomic E-state index is 0.0235. The highest BCUT2D eigenvalue weighted by Gasteiger charge is 2.29. The summed E-state index contributed by atoms with van der Waals surface area (Å²) in [4.78, 5) is 28.1. The van der Waals surface area contributed by atoms with Crippen LogP contribution in [0.25, 0.3) is 5.69 Å². The molecule has 0 radical (unpaired) electrons. The standard InChI is InChI=1S/C25H30N4O4S/c1-19-23(25(31)29(26(19)2)21-13-7-6-8-14-21)27(3)34(32,33)22-15-11-12-20(18-22)24(30)28-16-9-4-5-10-17-28/h6-8,11-15,18H,4-5,9-10,16-17H2,1-3H3. The number of sulfonamides is 1. The van der Waals surface area contributed by atoms with Gasteiger partial charge in [0.15, 0.2) is 0 Å². The lowest BCUT2D eigenvalue weighted by atomic mass is 10.2. The fourth-order valence-electron chi connectivity index (χ4n) is 4.44. The van der Waals surface area contributed by atoms with Crippen molar-refractivity contribution >= 4 is 21.6 Å². The van der Waals surface area contributed by atoms with E-state index in [1.807, 2.05) is 18.2 Å². The summed E-state index contributed by atoms with van der Waals surface area (Å²) in [5.74, 6) is -0.163. The zero-order valence-electron chi connectivity index (χ0n) is 19.8. The number of hydrogen-bond donors (Lipinski definition) is 0. The minimum atomic E-state index is -4.08. The van der Waals surface area contributed by atoms with Crippen LogP contribution in [0.3, 0.4) is 0 Å². The first-order valence-electron chi connectivity index (χ1n) is 11.5. The highest BCUT2D eigenvalue weighted by Crippen LogP contribution is 2.25. The molecule has 2 heterocycles. The number of benzene rings is 2. The van der Waals surface area contributed by atoms with Gasteiger partial charge in [0.05, 0.1) is 16.3 Å². The number of nitrogens with zero attached hydrogens (tertiary/aromatic N) is 4. The molecule has 8 nitrogen and oxygen atoms in total. The first-order chi connectivity index (χ1) is 16.2. The van der Waals surface area contributed by atoms with Crippen LogP contribution in [0, 0.1) is 6.92 Å². The van der Waals surface area contributed by atoms with E-state index in [0.29, 0.717) is 30.0 Å². The van der Waals surface area contributed by atoms with Crippen LogP contribution in [0.5, 0.6) is 0 Å². The van der Waals surface area contributed by atoms with Crippen molar-refractivity contribution in [3.05, 3.63) is 76.2 Å². The van der Waals surface area contributed by atoms with Gasteiger partial charge >= 0.3 is 0 Å². The van der Waals surface area contributed by atoms with Gasteiger partial charge in [-0.3, -0.25) is 18.6 Å². The van der Waals surface area contributed by atoms with E-state index in [2.05, 4.69) is 0 Å². The van der Waals surface area contributed by atoms with E-state index in [-0.39, 0.29) is 16.5 Å². The molecule has 1 aromatic heterocycles. The van der Waals surface area contributed by atoms with Gasteiger partial charge in [-0.15, -0.1) is 0 Å². The molecule has 1 fully saturated rings. The van der Waals surface area contributed by atoms with Crippen LogP contribution in [0.1, 0.15) is 41.7 Å². The van der Waals surface area contributed by atoms with Crippen LogP contribution >= 0.6 is 0 Å². The average Bonchev–Trinajstić information content (AvgIpc) is 3.03. The summed E-state index contributed by atoms with van der Waals surface area (Å²) in [5.41, 5.74) is 1.12. The molecular formula is C25H30N4O4S. The van der Waals surface area contributed by atoms with Gasteiger partial charge in [0.1, 0.15) is 5.69 Å². The van der Waals surface area contributed by atoms with E-state index in [0.717, 1.165) is 30.0 Å². The van der Waals surface area contributed by atoms with E-state index < -0.39 is 15.6 Å². The van der Waals surface area contributed by atoms with Crippen molar-refractivity contribution in [1.29, 1.82) is 0 Å². The van der Waals surface area contributed by atoms with Crippen LogP contribution in [-0.2, 0) is 17.1 Å². The number of carbonyl (C=O) groups excluding carboxylic acids is 1. The number of likely N-dealkylation sites (tertiary alicyclic amines) is 1. The molecule has 3 aromatic rings. The number of carbonyl (C=O) groups is 1. The Bertz CT molecular complexity index is 1350. The number of aromatic nitrogens is 2. The maximum Gasteiger partial charge on any atom is 0.296 e. The van der Waals surface area contributed by atoms with Crippen LogP contribution in [0.15, 0.2) is 64.3 Å². The SMILES string of the molecule is Cc1c(N(C)S(=O)(=O)c2cccc(C(=O)N3CCCCCC3)c2)c(=O)n(-c2ccccc2)n1C. The first-order valence-corrected chi connectivity index (χ1v) is 12.9. The van der Waals surface area contributed by atoms with Crippen LogP contribution in [0.4, 0.5) is 5.69 Å². The molecule has 0 atom stereocenters. The predicted molar refractivity (Wildman–Crippen MR) is 132 cm³/mol. The third-order valence-corrected chi connectivity index (χ3v) is 8.22. The molecule has 1 aliphatic rings.